The molecule has 0 spiro atoms. The largest absolute Gasteiger partial charge is 0.339 e. The summed E-state index contributed by atoms with van der Waals surface area (Å²) in [5, 5.41) is 13.5. The van der Waals surface area contributed by atoms with E-state index in [2.05, 4.69) is 30.6 Å². The van der Waals surface area contributed by atoms with Crippen molar-refractivity contribution in [2.75, 3.05) is 5.32 Å². The molecule has 2 N–H and O–H groups in total. The van der Waals surface area contributed by atoms with Crippen molar-refractivity contribution in [3.05, 3.63) is 41.5 Å². The number of amides is 1. The zero-order valence-corrected chi connectivity index (χ0v) is 14.0. The summed E-state index contributed by atoms with van der Waals surface area (Å²) in [4.78, 5) is 21.1. The van der Waals surface area contributed by atoms with Gasteiger partial charge >= 0.3 is 0 Å². The number of rotatable bonds is 5. The molecule has 8 heteroatoms. The van der Waals surface area contributed by atoms with Crippen LogP contribution in [-0.4, -0.2) is 31.2 Å². The van der Waals surface area contributed by atoms with Crippen molar-refractivity contribution in [1.29, 1.82) is 0 Å². The Hall–Kier alpha value is -3.03. The zero-order chi connectivity index (χ0) is 17.4. The minimum atomic E-state index is -0.290. The predicted molar refractivity (Wildman–Crippen MR) is 90.1 cm³/mol. The molecular weight excluding hydrogens is 320 g/mol. The monoisotopic (exact) mass is 338 g/mol. The minimum Gasteiger partial charge on any atom is -0.339 e. The van der Waals surface area contributed by atoms with Crippen molar-refractivity contribution >= 4 is 11.9 Å². The highest BCUT2D eigenvalue weighted by molar-refractivity contribution is 6.03. The van der Waals surface area contributed by atoms with Crippen LogP contribution in [0.2, 0.25) is 0 Å². The third-order valence-corrected chi connectivity index (χ3v) is 4.03. The summed E-state index contributed by atoms with van der Waals surface area (Å²) in [5.74, 6) is 2.47. The fraction of sp³-hybridized carbons (Fsp3) is 0.353. The van der Waals surface area contributed by atoms with Crippen LogP contribution in [0.15, 0.2) is 28.8 Å². The quantitative estimate of drug-likeness (QED) is 0.739. The van der Waals surface area contributed by atoms with Crippen molar-refractivity contribution in [2.45, 2.75) is 38.5 Å². The van der Waals surface area contributed by atoms with E-state index < -0.39 is 0 Å². The average Bonchev–Trinajstić information content (AvgIpc) is 3.15. The van der Waals surface area contributed by atoms with Crippen molar-refractivity contribution in [1.82, 2.24) is 25.3 Å². The third kappa shape index (κ3) is 3.28. The van der Waals surface area contributed by atoms with E-state index in [9.17, 15) is 4.79 Å². The zero-order valence-electron chi connectivity index (χ0n) is 14.0. The second-order valence-electron chi connectivity index (χ2n) is 6.46. The molecule has 0 saturated heterocycles. The summed E-state index contributed by atoms with van der Waals surface area (Å²) >= 11 is 0. The first kappa shape index (κ1) is 15.5. The smallest absolute Gasteiger partial charge is 0.258 e. The molecule has 4 rings (SSSR count). The summed E-state index contributed by atoms with van der Waals surface area (Å²) in [7, 11) is 0. The van der Waals surface area contributed by atoms with Crippen LogP contribution < -0.4 is 5.32 Å². The molecule has 2 heterocycles. The molecule has 1 aromatic carbocycles. The number of carbonyl (C=O) groups is 1. The number of nitrogens with one attached hydrogen (secondary N) is 2. The standard InChI is InChI=1S/C17H18N6O2/c1-9(2)13-19-17(22-21-13)20-15(24)12-5-3-4-11(8-12)14-18-16(25-23-14)10-6-7-10/h3-5,8-10H,6-7H2,1-2H3,(H2,19,20,21,22,24). The van der Waals surface area contributed by atoms with Gasteiger partial charge in [0, 0.05) is 23.0 Å². The summed E-state index contributed by atoms with van der Waals surface area (Å²) in [6.07, 6.45) is 2.19. The summed E-state index contributed by atoms with van der Waals surface area (Å²) in [6.45, 7) is 3.99. The second-order valence-corrected chi connectivity index (χ2v) is 6.46. The molecule has 8 nitrogen and oxygen atoms in total. The van der Waals surface area contributed by atoms with Crippen LogP contribution in [0.5, 0.6) is 0 Å². The van der Waals surface area contributed by atoms with Crippen LogP contribution in [0.1, 0.15) is 60.6 Å². The molecule has 0 aliphatic heterocycles. The average molecular weight is 338 g/mol. The van der Waals surface area contributed by atoms with Crippen molar-refractivity contribution in [3.8, 4) is 11.4 Å². The molecule has 1 saturated carbocycles. The predicted octanol–water partition coefficient (Wildman–Crippen LogP) is 3.11. The lowest BCUT2D eigenvalue weighted by Gasteiger charge is -2.02. The van der Waals surface area contributed by atoms with E-state index in [1.54, 1.807) is 18.2 Å². The number of benzene rings is 1. The Morgan fingerprint density at radius 2 is 2.16 bits per heavy atom. The molecule has 1 fully saturated rings. The molecule has 0 radical (unpaired) electrons. The Morgan fingerprint density at radius 1 is 1.32 bits per heavy atom. The van der Waals surface area contributed by atoms with Gasteiger partial charge < -0.3 is 4.52 Å². The fourth-order valence-electron chi connectivity index (χ4n) is 2.41. The molecule has 3 aromatic rings. The lowest BCUT2D eigenvalue weighted by molar-refractivity contribution is 0.102. The van der Waals surface area contributed by atoms with Crippen LogP contribution in [0, 0.1) is 0 Å². The molecule has 0 atom stereocenters. The van der Waals surface area contributed by atoms with Crippen LogP contribution in [-0.2, 0) is 0 Å². The van der Waals surface area contributed by atoms with Crippen LogP contribution in [0.25, 0.3) is 11.4 Å². The number of nitrogens with zero attached hydrogens (tertiary/aromatic N) is 4. The fourth-order valence-corrected chi connectivity index (χ4v) is 2.41. The lowest BCUT2D eigenvalue weighted by atomic mass is 10.1. The Bertz CT molecular complexity index is 909. The molecule has 0 unspecified atom stereocenters. The molecule has 1 aliphatic carbocycles. The van der Waals surface area contributed by atoms with Gasteiger partial charge in [-0.3, -0.25) is 15.2 Å². The van der Waals surface area contributed by atoms with Crippen LogP contribution >= 0.6 is 0 Å². The van der Waals surface area contributed by atoms with E-state index in [4.69, 9.17) is 4.52 Å². The van der Waals surface area contributed by atoms with Crippen molar-refractivity contribution in [2.24, 2.45) is 0 Å². The van der Waals surface area contributed by atoms with Gasteiger partial charge in [0.25, 0.3) is 5.91 Å². The van der Waals surface area contributed by atoms with Crippen LogP contribution in [0.4, 0.5) is 5.95 Å². The van der Waals surface area contributed by atoms with Gasteiger partial charge in [-0.05, 0) is 25.0 Å². The molecular formula is C17H18N6O2. The van der Waals surface area contributed by atoms with Gasteiger partial charge in [-0.1, -0.05) is 31.1 Å². The number of H-pyrrole nitrogens is 1. The van der Waals surface area contributed by atoms with E-state index in [1.165, 1.54) is 0 Å². The Balaban J connectivity index is 1.52. The lowest BCUT2D eigenvalue weighted by Crippen LogP contribution is -2.13. The van der Waals surface area contributed by atoms with Crippen LogP contribution in [0.3, 0.4) is 0 Å². The first-order valence-corrected chi connectivity index (χ1v) is 8.28. The third-order valence-electron chi connectivity index (χ3n) is 4.03. The van der Waals surface area contributed by atoms with Crippen molar-refractivity contribution < 1.29 is 9.32 Å². The molecule has 1 aliphatic rings. The highest BCUT2D eigenvalue weighted by Crippen LogP contribution is 2.39. The SMILES string of the molecule is CC(C)c1nc(NC(=O)c2cccc(-c3noc(C4CC4)n3)c2)n[nH]1. The van der Waals surface area contributed by atoms with E-state index in [-0.39, 0.29) is 17.8 Å². The van der Waals surface area contributed by atoms with Gasteiger partial charge in [0.05, 0.1) is 0 Å². The van der Waals surface area contributed by atoms with Gasteiger partial charge in [-0.2, -0.15) is 9.97 Å². The number of anilines is 1. The highest BCUT2D eigenvalue weighted by atomic mass is 16.5. The minimum absolute atomic E-state index is 0.209. The molecule has 1 amide bonds. The maximum Gasteiger partial charge on any atom is 0.258 e. The van der Waals surface area contributed by atoms with Crippen molar-refractivity contribution in [3.63, 3.8) is 0 Å². The first-order valence-electron chi connectivity index (χ1n) is 8.28. The van der Waals surface area contributed by atoms with Gasteiger partial charge in [0.1, 0.15) is 5.82 Å². The Morgan fingerprint density at radius 3 is 2.88 bits per heavy atom. The number of hydrogen-bond donors (Lipinski definition) is 2. The van der Waals surface area contributed by atoms with E-state index in [1.807, 2.05) is 19.9 Å². The Labute approximate surface area is 144 Å². The van der Waals surface area contributed by atoms with E-state index in [0.29, 0.717) is 23.2 Å². The number of carbonyl (C=O) groups excluding carboxylic acids is 1. The summed E-state index contributed by atoms with van der Waals surface area (Å²) < 4.78 is 5.28. The number of aromatic nitrogens is 5. The van der Waals surface area contributed by atoms with Gasteiger partial charge in [0.15, 0.2) is 0 Å². The maximum absolute atomic E-state index is 12.4. The number of aromatic amines is 1. The second kappa shape index (κ2) is 6.12. The van der Waals surface area contributed by atoms with Gasteiger partial charge in [0.2, 0.25) is 17.7 Å². The topological polar surface area (TPSA) is 110 Å². The summed E-state index contributed by atoms with van der Waals surface area (Å²) in [5.41, 5.74) is 1.22. The summed E-state index contributed by atoms with van der Waals surface area (Å²) in [6, 6.07) is 7.08. The molecule has 25 heavy (non-hydrogen) atoms. The number of hydrogen-bond acceptors (Lipinski definition) is 6. The van der Waals surface area contributed by atoms with E-state index >= 15 is 0 Å². The molecule has 0 bridgehead atoms. The molecule has 2 aromatic heterocycles. The van der Waals surface area contributed by atoms with Gasteiger partial charge in [-0.15, -0.1) is 5.10 Å². The maximum atomic E-state index is 12.4. The molecule has 128 valence electrons. The highest BCUT2D eigenvalue weighted by Gasteiger charge is 2.29. The Kier molecular flexibility index (Phi) is 3.79. The van der Waals surface area contributed by atoms with Gasteiger partial charge in [-0.25, -0.2) is 0 Å². The van der Waals surface area contributed by atoms with E-state index in [0.717, 1.165) is 24.2 Å². The first-order chi connectivity index (χ1) is 12.1. The normalized spacial score (nSPS) is 14.0.